The van der Waals surface area contributed by atoms with E-state index in [-0.39, 0.29) is 39.7 Å². The summed E-state index contributed by atoms with van der Waals surface area (Å²) in [7, 11) is 0. The largest absolute Gasteiger partial charge is 0.481 e. The molecule has 1 N–H and O–H groups in total. The van der Waals surface area contributed by atoms with E-state index in [1.54, 1.807) is 0 Å². The molecule has 0 radical (unpaired) electrons. The molecule has 10 atom stereocenters. The first kappa shape index (κ1) is 41.1. The maximum Gasteiger partial charge on any atom is 0.309 e. The molecule has 0 aromatic rings. The van der Waals surface area contributed by atoms with Crippen LogP contribution in [0.1, 0.15) is 177 Å². The fourth-order valence-corrected chi connectivity index (χ4v) is 13.8. The standard InChI is InChI=1S/C48H76O4/c1-9-10-11-12-13-14-15-16-17-18-19-20-21-22-23-24-41(49)52-40-29-30-45(6)38(44(40,4)5)28-31-47(8)39(45)26-25-37-42-36(35(2)3)27-32-48(42,43(50)51)34-33-46(37,47)7/h10-11,13-14,16-17,36-40,42H,2,9,12,15,18-34H2,1,3-8H3,(H,50,51)/b11-10-,14-13-,17-16-/t36-,37+,38-,39+,40-,42+,45-,46+,47+,48-/m0/s1. The number of rotatable bonds is 16. The molecule has 0 heterocycles. The van der Waals surface area contributed by atoms with Crippen LogP contribution in [0.4, 0.5) is 0 Å². The van der Waals surface area contributed by atoms with Crippen LogP contribution in [0.2, 0.25) is 0 Å². The van der Waals surface area contributed by atoms with E-state index in [1.807, 2.05) is 0 Å². The molecule has 5 aliphatic rings. The summed E-state index contributed by atoms with van der Waals surface area (Å²) in [4.78, 5) is 26.2. The van der Waals surface area contributed by atoms with E-state index in [2.05, 4.69) is 91.5 Å². The molecule has 292 valence electrons. The molecule has 52 heavy (non-hydrogen) atoms. The van der Waals surface area contributed by atoms with Crippen LogP contribution in [-0.4, -0.2) is 23.1 Å². The van der Waals surface area contributed by atoms with Crippen molar-refractivity contribution in [1.82, 2.24) is 0 Å². The Bertz CT molecular complexity index is 1350. The van der Waals surface area contributed by atoms with Crippen molar-refractivity contribution in [2.45, 2.75) is 183 Å². The van der Waals surface area contributed by atoms with E-state index in [0.29, 0.717) is 30.1 Å². The number of esters is 1. The number of hydrogen-bond acceptors (Lipinski definition) is 3. The summed E-state index contributed by atoms with van der Waals surface area (Å²) in [6.07, 6.45) is 34.5. The zero-order valence-electron chi connectivity index (χ0n) is 34.4. The molecule has 0 bridgehead atoms. The van der Waals surface area contributed by atoms with Crippen molar-refractivity contribution in [2.24, 2.45) is 56.7 Å². The topological polar surface area (TPSA) is 63.6 Å². The van der Waals surface area contributed by atoms with Crippen molar-refractivity contribution in [1.29, 1.82) is 0 Å². The van der Waals surface area contributed by atoms with Crippen molar-refractivity contribution < 1.29 is 19.4 Å². The third kappa shape index (κ3) is 7.58. The van der Waals surface area contributed by atoms with Crippen molar-refractivity contribution >= 4 is 11.9 Å². The number of allylic oxidation sites excluding steroid dienone is 7. The first-order chi connectivity index (χ1) is 24.7. The molecule has 4 nitrogen and oxygen atoms in total. The monoisotopic (exact) mass is 717 g/mol. The smallest absolute Gasteiger partial charge is 0.309 e. The summed E-state index contributed by atoms with van der Waals surface area (Å²) in [5, 5.41) is 10.7. The predicted octanol–water partition coefficient (Wildman–Crippen LogP) is 13.2. The fraction of sp³-hybridized carbons (Fsp3) is 0.792. The lowest BCUT2D eigenvalue weighted by Crippen LogP contribution is -2.67. The van der Waals surface area contributed by atoms with Gasteiger partial charge in [-0.3, -0.25) is 9.59 Å². The summed E-state index contributed by atoms with van der Waals surface area (Å²) in [5.41, 5.74) is 1.10. The number of fused-ring (bicyclic) bond motifs is 7. The third-order valence-corrected chi connectivity index (χ3v) is 16.7. The van der Waals surface area contributed by atoms with Gasteiger partial charge in [-0.25, -0.2) is 0 Å². The average molecular weight is 717 g/mol. The quantitative estimate of drug-likeness (QED) is 0.0981. The van der Waals surface area contributed by atoms with Crippen LogP contribution in [0.3, 0.4) is 0 Å². The Morgan fingerprint density at radius 2 is 1.40 bits per heavy atom. The van der Waals surface area contributed by atoms with Crippen LogP contribution >= 0.6 is 0 Å². The highest BCUT2D eigenvalue weighted by atomic mass is 16.5. The van der Waals surface area contributed by atoms with Crippen molar-refractivity contribution in [3.05, 3.63) is 48.6 Å². The zero-order valence-corrected chi connectivity index (χ0v) is 34.4. The van der Waals surface area contributed by atoms with Crippen LogP contribution in [0.25, 0.3) is 0 Å². The molecule has 5 saturated carbocycles. The first-order valence-corrected chi connectivity index (χ1v) is 21.7. The second-order valence-electron chi connectivity index (χ2n) is 19.6. The first-order valence-electron chi connectivity index (χ1n) is 21.7. The van der Waals surface area contributed by atoms with E-state index in [0.717, 1.165) is 83.5 Å². The normalized spacial score (nSPS) is 39.6. The van der Waals surface area contributed by atoms with Gasteiger partial charge in [0, 0.05) is 11.8 Å². The number of aliphatic carboxylic acids is 1. The summed E-state index contributed by atoms with van der Waals surface area (Å²) in [5.74, 6) is 1.59. The van der Waals surface area contributed by atoms with Gasteiger partial charge in [-0.15, -0.1) is 0 Å². The van der Waals surface area contributed by atoms with Gasteiger partial charge in [0.2, 0.25) is 0 Å². The van der Waals surface area contributed by atoms with Crippen LogP contribution in [-0.2, 0) is 14.3 Å². The average Bonchev–Trinajstić information content (AvgIpc) is 3.50. The number of carboxylic acid groups (broad SMARTS) is 1. The number of hydrogen-bond donors (Lipinski definition) is 1. The molecule has 0 aliphatic heterocycles. The number of unbranched alkanes of at least 4 members (excludes halogenated alkanes) is 5. The lowest BCUT2D eigenvalue weighted by atomic mass is 9.32. The molecule has 0 amide bonds. The van der Waals surface area contributed by atoms with Crippen molar-refractivity contribution in [3.63, 3.8) is 0 Å². The molecule has 4 heteroatoms. The van der Waals surface area contributed by atoms with Crippen LogP contribution in [0, 0.1) is 56.7 Å². The fourth-order valence-electron chi connectivity index (χ4n) is 13.8. The van der Waals surface area contributed by atoms with E-state index in [1.165, 1.54) is 44.1 Å². The molecule has 0 aromatic carbocycles. The highest BCUT2D eigenvalue weighted by Gasteiger charge is 2.72. The van der Waals surface area contributed by atoms with Crippen LogP contribution in [0.5, 0.6) is 0 Å². The molecular weight excluding hydrogens is 641 g/mol. The SMILES string of the molecule is C=C(C)[C@@H]1CC[C@]2(C(=O)O)CC[C@]3(C)[C@H](CC[C@@H]4[C@@]5(C)CC[C@H](OC(=O)CCCCCCC/C=C\C/C=C\C/C=C\CC)C(C)(C)[C@@H]5CC[C@]43C)[C@@H]12. The molecule has 0 unspecified atom stereocenters. The zero-order chi connectivity index (χ0) is 37.8. The maximum atomic E-state index is 13.2. The minimum absolute atomic E-state index is 0.00395. The maximum absolute atomic E-state index is 13.2. The molecule has 5 rings (SSSR count). The second kappa shape index (κ2) is 16.7. The van der Waals surface area contributed by atoms with Gasteiger partial charge in [0.05, 0.1) is 5.41 Å². The molecule has 0 aromatic heterocycles. The van der Waals surface area contributed by atoms with E-state index in [9.17, 15) is 14.7 Å². The minimum atomic E-state index is -0.567. The van der Waals surface area contributed by atoms with Crippen molar-refractivity contribution in [3.8, 4) is 0 Å². The highest BCUT2D eigenvalue weighted by molar-refractivity contribution is 5.76. The Kier molecular flexibility index (Phi) is 13.2. The Hall–Kier alpha value is -2.10. The summed E-state index contributed by atoms with van der Waals surface area (Å²) in [6.45, 7) is 21.3. The predicted molar refractivity (Wildman–Crippen MR) is 216 cm³/mol. The Labute approximate surface area is 318 Å². The van der Waals surface area contributed by atoms with Crippen molar-refractivity contribution in [2.75, 3.05) is 0 Å². The summed E-state index contributed by atoms with van der Waals surface area (Å²) in [6, 6.07) is 0. The van der Waals surface area contributed by atoms with Gasteiger partial charge in [-0.05, 0) is 155 Å². The van der Waals surface area contributed by atoms with Gasteiger partial charge in [-0.2, -0.15) is 0 Å². The minimum Gasteiger partial charge on any atom is -0.481 e. The van der Waals surface area contributed by atoms with Gasteiger partial charge in [-0.1, -0.05) is 109 Å². The van der Waals surface area contributed by atoms with E-state index >= 15 is 0 Å². The Balaban J connectivity index is 1.11. The molecule has 5 aliphatic carbocycles. The number of carbonyl (C=O) groups is 2. The van der Waals surface area contributed by atoms with Crippen LogP contribution < -0.4 is 0 Å². The van der Waals surface area contributed by atoms with E-state index < -0.39 is 11.4 Å². The molecular formula is C48H76O4. The van der Waals surface area contributed by atoms with Crippen LogP contribution in [0.15, 0.2) is 48.6 Å². The Morgan fingerprint density at radius 3 is 2.10 bits per heavy atom. The molecule has 5 fully saturated rings. The number of carbonyl (C=O) groups excluding carboxylic acids is 1. The molecule has 0 saturated heterocycles. The number of ether oxygens (including phenoxy) is 1. The van der Waals surface area contributed by atoms with Gasteiger partial charge in [0.15, 0.2) is 0 Å². The Morgan fingerprint density at radius 1 is 0.731 bits per heavy atom. The lowest BCUT2D eigenvalue weighted by Gasteiger charge is -2.72. The van der Waals surface area contributed by atoms with Gasteiger partial charge in [0.25, 0.3) is 0 Å². The summed E-state index contributed by atoms with van der Waals surface area (Å²) >= 11 is 0. The van der Waals surface area contributed by atoms with Gasteiger partial charge in [0.1, 0.15) is 6.10 Å². The van der Waals surface area contributed by atoms with E-state index in [4.69, 9.17) is 4.74 Å². The summed E-state index contributed by atoms with van der Waals surface area (Å²) < 4.78 is 6.38. The third-order valence-electron chi connectivity index (χ3n) is 16.7. The lowest BCUT2D eigenvalue weighted by molar-refractivity contribution is -0.250. The van der Waals surface area contributed by atoms with Gasteiger partial charge >= 0.3 is 11.9 Å². The molecule has 0 spiro atoms. The number of carboxylic acids is 1. The second-order valence-corrected chi connectivity index (χ2v) is 19.6. The van der Waals surface area contributed by atoms with Gasteiger partial charge < -0.3 is 9.84 Å². The highest BCUT2D eigenvalue weighted by Crippen LogP contribution is 2.77.